The van der Waals surface area contributed by atoms with E-state index in [9.17, 15) is 13.2 Å². The summed E-state index contributed by atoms with van der Waals surface area (Å²) in [6, 6.07) is 12.0. The van der Waals surface area contributed by atoms with Crippen LogP contribution >= 0.6 is 0 Å². The van der Waals surface area contributed by atoms with Gasteiger partial charge in [-0.05, 0) is 49.2 Å². The highest BCUT2D eigenvalue weighted by Gasteiger charge is 2.29. The number of nitrogens with two attached hydrogens (primary N) is 1. The van der Waals surface area contributed by atoms with Crippen LogP contribution in [-0.2, 0) is 21.4 Å². The molecule has 0 spiro atoms. The molecule has 1 aliphatic rings. The summed E-state index contributed by atoms with van der Waals surface area (Å²) in [5, 5.41) is 7.89. The highest BCUT2D eigenvalue weighted by molar-refractivity contribution is 7.89. The van der Waals surface area contributed by atoms with Gasteiger partial charge in [0.05, 0.1) is 19.1 Å². The van der Waals surface area contributed by atoms with Gasteiger partial charge in [-0.1, -0.05) is 6.07 Å². The molecule has 0 bridgehead atoms. The highest BCUT2D eigenvalue weighted by Crippen LogP contribution is 2.32. The van der Waals surface area contributed by atoms with Crippen LogP contribution in [0.5, 0.6) is 11.5 Å². The molecule has 2 aromatic carbocycles. The van der Waals surface area contributed by atoms with Crippen molar-refractivity contribution in [2.24, 2.45) is 5.14 Å². The second-order valence-corrected chi connectivity index (χ2v) is 8.81. The zero-order chi connectivity index (χ0) is 21.7. The fourth-order valence-corrected chi connectivity index (χ4v) is 3.83. The monoisotopic (exact) mass is 433 g/mol. The minimum absolute atomic E-state index is 0.0370. The van der Waals surface area contributed by atoms with Gasteiger partial charge in [0, 0.05) is 36.8 Å². The van der Waals surface area contributed by atoms with Gasteiger partial charge in [0.2, 0.25) is 15.9 Å². The quantitative estimate of drug-likeness (QED) is 0.595. The lowest BCUT2D eigenvalue weighted by molar-refractivity contribution is -0.116. The summed E-state index contributed by atoms with van der Waals surface area (Å²) in [5.41, 5.74) is 1.41. The average Bonchev–Trinajstić information content (AvgIpc) is 3.55. The van der Waals surface area contributed by atoms with Crippen LogP contribution in [0.3, 0.4) is 0 Å². The number of sulfonamides is 1. The topological polar surface area (TPSA) is 111 Å². The lowest BCUT2D eigenvalue weighted by Gasteiger charge is -2.23. The van der Waals surface area contributed by atoms with Crippen LogP contribution in [0.2, 0.25) is 0 Å². The van der Waals surface area contributed by atoms with Gasteiger partial charge in [-0.2, -0.15) is 0 Å². The van der Waals surface area contributed by atoms with Crippen LogP contribution in [0.25, 0.3) is 0 Å². The van der Waals surface area contributed by atoms with Gasteiger partial charge in [-0.3, -0.25) is 9.69 Å². The number of methoxy groups -OCH3 is 2. The summed E-state index contributed by atoms with van der Waals surface area (Å²) in [7, 11) is -0.559. The molecule has 0 saturated heterocycles. The summed E-state index contributed by atoms with van der Waals surface area (Å²) in [6.45, 7) is 1.23. The average molecular weight is 434 g/mol. The van der Waals surface area contributed by atoms with E-state index in [0.29, 0.717) is 24.8 Å². The van der Waals surface area contributed by atoms with Gasteiger partial charge in [-0.25, -0.2) is 13.6 Å². The Balaban J connectivity index is 1.63. The Morgan fingerprint density at radius 2 is 1.93 bits per heavy atom. The van der Waals surface area contributed by atoms with Crippen LogP contribution in [0.1, 0.15) is 24.8 Å². The van der Waals surface area contributed by atoms with E-state index in [1.807, 2.05) is 18.2 Å². The zero-order valence-corrected chi connectivity index (χ0v) is 17.9. The molecule has 1 fully saturated rings. The van der Waals surface area contributed by atoms with Gasteiger partial charge in [0.25, 0.3) is 0 Å². The molecule has 8 nitrogen and oxygen atoms in total. The summed E-state index contributed by atoms with van der Waals surface area (Å²) >= 11 is 0. The number of anilines is 1. The highest BCUT2D eigenvalue weighted by atomic mass is 32.2. The number of carbonyl (C=O) groups is 1. The SMILES string of the molecule is COc1ccc(OC)c(CN(CCC(=O)Nc2cccc(S(N)(=O)=O)c2)C2CC2)c1. The smallest absolute Gasteiger partial charge is 0.238 e. The molecule has 1 aliphatic carbocycles. The van der Waals surface area contributed by atoms with Crippen molar-refractivity contribution in [1.29, 1.82) is 0 Å². The first kappa shape index (κ1) is 22.1. The van der Waals surface area contributed by atoms with Gasteiger partial charge in [-0.15, -0.1) is 0 Å². The minimum Gasteiger partial charge on any atom is -0.497 e. The number of amides is 1. The molecule has 9 heteroatoms. The van der Waals surface area contributed by atoms with E-state index in [-0.39, 0.29) is 17.2 Å². The second-order valence-electron chi connectivity index (χ2n) is 7.25. The normalized spacial score (nSPS) is 13.9. The zero-order valence-electron chi connectivity index (χ0n) is 17.1. The maximum absolute atomic E-state index is 12.4. The number of primary sulfonamides is 1. The molecule has 2 aromatic rings. The predicted octanol–water partition coefficient (Wildman–Crippen LogP) is 2.34. The van der Waals surface area contributed by atoms with Crippen molar-refractivity contribution in [2.75, 3.05) is 26.1 Å². The summed E-state index contributed by atoms with van der Waals surface area (Å²) < 4.78 is 33.7. The number of nitrogens with zero attached hydrogens (tertiary/aromatic N) is 1. The molecule has 3 N–H and O–H groups in total. The van der Waals surface area contributed by atoms with E-state index in [1.54, 1.807) is 26.4 Å². The third-order valence-corrected chi connectivity index (χ3v) is 5.91. The summed E-state index contributed by atoms with van der Waals surface area (Å²) in [6.07, 6.45) is 2.48. The van der Waals surface area contributed by atoms with Crippen LogP contribution < -0.4 is 19.9 Å². The maximum Gasteiger partial charge on any atom is 0.238 e. The molecule has 3 rings (SSSR count). The fraction of sp³-hybridized carbons (Fsp3) is 0.381. The van der Waals surface area contributed by atoms with Crippen molar-refractivity contribution in [3.63, 3.8) is 0 Å². The number of nitrogens with one attached hydrogen (secondary N) is 1. The van der Waals surface area contributed by atoms with E-state index in [0.717, 1.165) is 29.9 Å². The van der Waals surface area contributed by atoms with Crippen LogP contribution in [0, 0.1) is 0 Å². The van der Waals surface area contributed by atoms with Gasteiger partial charge in [0.15, 0.2) is 0 Å². The molecule has 0 radical (unpaired) electrons. The Hall–Kier alpha value is -2.62. The Morgan fingerprint density at radius 1 is 1.17 bits per heavy atom. The number of benzene rings is 2. The number of ether oxygens (including phenoxy) is 2. The predicted molar refractivity (Wildman–Crippen MR) is 114 cm³/mol. The van der Waals surface area contributed by atoms with Gasteiger partial charge in [0.1, 0.15) is 11.5 Å². The fourth-order valence-electron chi connectivity index (χ4n) is 3.27. The first-order valence-electron chi connectivity index (χ1n) is 9.68. The third-order valence-electron chi connectivity index (χ3n) is 5.00. The Kier molecular flexibility index (Phi) is 6.96. The standard InChI is InChI=1S/C21H27N3O5S/c1-28-18-8-9-20(29-2)15(12-18)14-24(17-6-7-17)11-10-21(25)23-16-4-3-5-19(13-16)30(22,26)27/h3-5,8-9,12-13,17H,6-7,10-11,14H2,1-2H3,(H,23,25)(H2,22,26,27). The van der Waals surface area contributed by atoms with E-state index in [1.165, 1.54) is 12.1 Å². The van der Waals surface area contributed by atoms with Crippen LogP contribution in [0.15, 0.2) is 47.4 Å². The van der Waals surface area contributed by atoms with E-state index >= 15 is 0 Å². The Labute approximate surface area is 177 Å². The molecule has 0 heterocycles. The summed E-state index contributed by atoms with van der Waals surface area (Å²) in [4.78, 5) is 14.7. The van der Waals surface area contributed by atoms with E-state index < -0.39 is 10.0 Å². The molecule has 162 valence electrons. The van der Waals surface area contributed by atoms with Crippen molar-refractivity contribution < 1.29 is 22.7 Å². The van der Waals surface area contributed by atoms with Crippen molar-refractivity contribution in [3.05, 3.63) is 48.0 Å². The van der Waals surface area contributed by atoms with Gasteiger partial charge < -0.3 is 14.8 Å². The summed E-state index contributed by atoms with van der Waals surface area (Å²) in [5.74, 6) is 1.35. The molecular formula is C21H27N3O5S. The minimum atomic E-state index is -3.82. The second kappa shape index (κ2) is 9.46. The van der Waals surface area contributed by atoms with Crippen molar-refractivity contribution in [1.82, 2.24) is 4.90 Å². The molecule has 30 heavy (non-hydrogen) atoms. The molecule has 1 amide bonds. The Bertz CT molecular complexity index is 1010. The first-order chi connectivity index (χ1) is 14.3. The van der Waals surface area contributed by atoms with E-state index in [4.69, 9.17) is 14.6 Å². The Morgan fingerprint density at radius 3 is 2.57 bits per heavy atom. The third kappa shape index (κ3) is 5.94. The van der Waals surface area contributed by atoms with Crippen LogP contribution in [-0.4, -0.2) is 46.0 Å². The number of rotatable bonds is 10. The molecule has 1 saturated carbocycles. The molecule has 0 unspecified atom stereocenters. The molecular weight excluding hydrogens is 406 g/mol. The number of hydrogen-bond acceptors (Lipinski definition) is 6. The molecule has 0 aromatic heterocycles. The first-order valence-corrected chi connectivity index (χ1v) is 11.2. The van der Waals surface area contributed by atoms with Crippen molar-refractivity contribution in [2.45, 2.75) is 36.7 Å². The number of carbonyl (C=O) groups excluding carboxylic acids is 1. The lowest BCUT2D eigenvalue weighted by atomic mass is 10.1. The lowest BCUT2D eigenvalue weighted by Crippen LogP contribution is -2.29. The molecule has 0 aliphatic heterocycles. The largest absolute Gasteiger partial charge is 0.497 e. The maximum atomic E-state index is 12.4. The number of hydrogen-bond donors (Lipinski definition) is 2. The molecule has 0 atom stereocenters. The van der Waals surface area contributed by atoms with Crippen molar-refractivity contribution in [3.8, 4) is 11.5 Å². The van der Waals surface area contributed by atoms with E-state index in [2.05, 4.69) is 10.2 Å². The van der Waals surface area contributed by atoms with Gasteiger partial charge >= 0.3 is 0 Å². The van der Waals surface area contributed by atoms with Crippen molar-refractivity contribution >= 4 is 21.6 Å². The van der Waals surface area contributed by atoms with Crippen LogP contribution in [0.4, 0.5) is 5.69 Å².